The Bertz CT molecular complexity index is 197. The molecule has 0 bridgehead atoms. The molecule has 0 aromatic rings. The van der Waals surface area contributed by atoms with Gasteiger partial charge >= 0.3 is 0 Å². The minimum absolute atomic E-state index is 0.207. The average Bonchev–Trinajstić information content (AvgIpc) is 2.10. The van der Waals surface area contributed by atoms with Crippen LogP contribution in [0.2, 0.25) is 0 Å². The van der Waals surface area contributed by atoms with Crippen molar-refractivity contribution in [2.75, 3.05) is 13.2 Å². The fourth-order valence-corrected chi connectivity index (χ4v) is 0.772. The van der Waals surface area contributed by atoms with Crippen LogP contribution in [-0.4, -0.2) is 31.0 Å². The maximum atomic E-state index is 10.4. The Morgan fingerprint density at radius 1 is 1.29 bits per heavy atom. The van der Waals surface area contributed by atoms with Crippen LogP contribution in [0.5, 0.6) is 0 Å². The van der Waals surface area contributed by atoms with Crippen LogP contribution in [0.4, 0.5) is 0 Å². The first-order valence-electron chi connectivity index (χ1n) is 4.20. The van der Waals surface area contributed by atoms with Crippen LogP contribution in [0.15, 0.2) is 0 Å². The molecule has 7 nitrogen and oxygen atoms in total. The van der Waals surface area contributed by atoms with Gasteiger partial charge < -0.3 is 17.2 Å². The molecule has 0 fully saturated rings. The third kappa shape index (κ3) is 7.47. The first kappa shape index (κ1) is 12.8. The normalized spacial score (nSPS) is 12.4. The summed E-state index contributed by atoms with van der Waals surface area (Å²) in [5.41, 5.74) is 17.7. The van der Waals surface area contributed by atoms with Crippen LogP contribution < -0.4 is 22.7 Å². The van der Waals surface area contributed by atoms with Crippen molar-refractivity contribution in [3.05, 3.63) is 0 Å². The SMILES string of the molecule is NCC(CCC(N)=O)NOCC(N)=O. The molecule has 0 saturated heterocycles. The molecule has 0 aliphatic heterocycles. The standard InChI is InChI=1S/C7H16N4O3/c8-3-5(1-2-6(9)12)11-14-4-7(10)13/h5,11H,1-4,8H2,(H2,9,12)(H2,10,13). The van der Waals surface area contributed by atoms with Gasteiger partial charge in [-0.05, 0) is 6.42 Å². The van der Waals surface area contributed by atoms with Gasteiger partial charge in [0.15, 0.2) is 0 Å². The molecule has 0 spiro atoms. The van der Waals surface area contributed by atoms with E-state index in [1.807, 2.05) is 0 Å². The van der Waals surface area contributed by atoms with Crippen molar-refractivity contribution in [2.24, 2.45) is 17.2 Å². The summed E-state index contributed by atoms with van der Waals surface area (Å²) >= 11 is 0. The highest BCUT2D eigenvalue weighted by molar-refractivity contribution is 5.75. The predicted molar refractivity (Wildman–Crippen MR) is 49.6 cm³/mol. The molecule has 14 heavy (non-hydrogen) atoms. The van der Waals surface area contributed by atoms with Gasteiger partial charge in [0.2, 0.25) is 11.8 Å². The Balaban J connectivity index is 3.57. The Morgan fingerprint density at radius 2 is 1.93 bits per heavy atom. The smallest absolute Gasteiger partial charge is 0.245 e. The van der Waals surface area contributed by atoms with Crippen molar-refractivity contribution in [1.82, 2.24) is 5.48 Å². The number of primary amides is 2. The fraction of sp³-hybridized carbons (Fsp3) is 0.714. The summed E-state index contributed by atoms with van der Waals surface area (Å²) < 4.78 is 0. The van der Waals surface area contributed by atoms with Gasteiger partial charge in [-0.15, -0.1) is 0 Å². The van der Waals surface area contributed by atoms with E-state index in [0.717, 1.165) is 0 Å². The van der Waals surface area contributed by atoms with Gasteiger partial charge in [-0.2, -0.15) is 5.48 Å². The van der Waals surface area contributed by atoms with Crippen molar-refractivity contribution in [3.63, 3.8) is 0 Å². The summed E-state index contributed by atoms with van der Waals surface area (Å²) in [6.07, 6.45) is 0.680. The van der Waals surface area contributed by atoms with Gasteiger partial charge in [0.05, 0.1) is 0 Å². The molecule has 0 aliphatic carbocycles. The maximum Gasteiger partial charge on any atom is 0.245 e. The molecule has 0 saturated carbocycles. The molecule has 0 aromatic heterocycles. The van der Waals surface area contributed by atoms with Gasteiger partial charge in [0.25, 0.3) is 0 Å². The fourth-order valence-electron chi connectivity index (χ4n) is 0.772. The highest BCUT2D eigenvalue weighted by atomic mass is 16.6. The van der Waals surface area contributed by atoms with E-state index < -0.39 is 11.8 Å². The monoisotopic (exact) mass is 204 g/mol. The predicted octanol–water partition coefficient (Wildman–Crippen LogP) is -2.41. The molecule has 2 amide bonds. The van der Waals surface area contributed by atoms with E-state index in [1.54, 1.807) is 0 Å². The second-order valence-electron chi connectivity index (χ2n) is 2.81. The molecule has 7 N–H and O–H groups in total. The van der Waals surface area contributed by atoms with Crippen molar-refractivity contribution < 1.29 is 14.4 Å². The van der Waals surface area contributed by atoms with Gasteiger partial charge in [0, 0.05) is 19.0 Å². The van der Waals surface area contributed by atoms with E-state index in [9.17, 15) is 9.59 Å². The zero-order chi connectivity index (χ0) is 11.0. The van der Waals surface area contributed by atoms with Gasteiger partial charge in [-0.25, -0.2) is 0 Å². The lowest BCUT2D eigenvalue weighted by atomic mass is 10.1. The van der Waals surface area contributed by atoms with E-state index >= 15 is 0 Å². The zero-order valence-electron chi connectivity index (χ0n) is 7.86. The third-order valence-electron chi connectivity index (χ3n) is 1.49. The van der Waals surface area contributed by atoms with Crippen molar-refractivity contribution in [3.8, 4) is 0 Å². The molecule has 0 rings (SSSR count). The van der Waals surface area contributed by atoms with Gasteiger partial charge in [0.1, 0.15) is 6.61 Å². The van der Waals surface area contributed by atoms with Crippen molar-refractivity contribution in [2.45, 2.75) is 18.9 Å². The third-order valence-corrected chi connectivity index (χ3v) is 1.49. The number of hydroxylamine groups is 1. The molecule has 1 atom stereocenters. The van der Waals surface area contributed by atoms with Gasteiger partial charge in [-0.1, -0.05) is 0 Å². The number of rotatable bonds is 8. The Kier molecular flexibility index (Phi) is 6.63. The molecule has 0 radical (unpaired) electrons. The molecular weight excluding hydrogens is 188 g/mol. The number of carbonyl (C=O) groups is 2. The molecule has 0 aliphatic rings. The molecular formula is C7H16N4O3. The minimum atomic E-state index is -0.580. The van der Waals surface area contributed by atoms with E-state index in [2.05, 4.69) is 5.48 Å². The Hall–Kier alpha value is -1.18. The van der Waals surface area contributed by atoms with Crippen LogP contribution >= 0.6 is 0 Å². The summed E-state index contributed by atoms with van der Waals surface area (Å²) in [5, 5.41) is 0. The Morgan fingerprint density at radius 3 is 2.36 bits per heavy atom. The second-order valence-corrected chi connectivity index (χ2v) is 2.81. The number of nitrogens with one attached hydrogen (secondary N) is 1. The first-order chi connectivity index (χ1) is 6.56. The van der Waals surface area contributed by atoms with Crippen LogP contribution in [0.25, 0.3) is 0 Å². The van der Waals surface area contributed by atoms with Crippen molar-refractivity contribution >= 4 is 11.8 Å². The maximum absolute atomic E-state index is 10.4. The number of hydrogen-bond donors (Lipinski definition) is 4. The van der Waals surface area contributed by atoms with Crippen LogP contribution in [-0.2, 0) is 14.4 Å². The van der Waals surface area contributed by atoms with Crippen LogP contribution in [0, 0.1) is 0 Å². The lowest BCUT2D eigenvalue weighted by Crippen LogP contribution is -2.38. The summed E-state index contributed by atoms with van der Waals surface area (Å²) in [5.74, 6) is -0.983. The van der Waals surface area contributed by atoms with Crippen LogP contribution in [0.1, 0.15) is 12.8 Å². The summed E-state index contributed by atoms with van der Waals surface area (Å²) in [7, 11) is 0. The molecule has 7 heteroatoms. The first-order valence-corrected chi connectivity index (χ1v) is 4.20. The quantitative estimate of drug-likeness (QED) is 0.327. The minimum Gasteiger partial charge on any atom is -0.370 e. The summed E-state index contributed by atoms with van der Waals surface area (Å²) in [4.78, 5) is 25.5. The summed E-state index contributed by atoms with van der Waals surface area (Å²) in [6.45, 7) is 0.0547. The number of nitrogens with two attached hydrogens (primary N) is 3. The highest BCUT2D eigenvalue weighted by Gasteiger charge is 2.08. The molecule has 82 valence electrons. The second kappa shape index (κ2) is 7.25. The van der Waals surface area contributed by atoms with E-state index in [0.29, 0.717) is 6.42 Å². The van der Waals surface area contributed by atoms with E-state index in [4.69, 9.17) is 22.0 Å². The lowest BCUT2D eigenvalue weighted by molar-refractivity contribution is -0.126. The molecule has 1 unspecified atom stereocenters. The van der Waals surface area contributed by atoms with Crippen molar-refractivity contribution in [1.29, 1.82) is 0 Å². The lowest BCUT2D eigenvalue weighted by Gasteiger charge is -2.14. The van der Waals surface area contributed by atoms with Gasteiger partial charge in [-0.3, -0.25) is 14.4 Å². The number of carbonyl (C=O) groups excluding carboxylic acids is 2. The number of hydrogen-bond acceptors (Lipinski definition) is 5. The Labute approximate surface area is 81.9 Å². The highest BCUT2D eigenvalue weighted by Crippen LogP contribution is 1.94. The van der Waals surface area contributed by atoms with Crippen LogP contribution in [0.3, 0.4) is 0 Å². The topological polar surface area (TPSA) is 133 Å². The molecule has 0 aromatic carbocycles. The van der Waals surface area contributed by atoms with E-state index in [1.165, 1.54) is 0 Å². The molecule has 0 heterocycles. The average molecular weight is 204 g/mol. The number of amides is 2. The summed E-state index contributed by atoms with van der Waals surface area (Å²) in [6, 6.07) is -0.207. The zero-order valence-corrected chi connectivity index (χ0v) is 7.86. The van der Waals surface area contributed by atoms with E-state index in [-0.39, 0.29) is 25.6 Å². The largest absolute Gasteiger partial charge is 0.370 e.